The van der Waals surface area contributed by atoms with E-state index in [1.807, 2.05) is 0 Å². The zero-order chi connectivity index (χ0) is 15.6. The molecule has 2 rings (SSSR count). The summed E-state index contributed by atoms with van der Waals surface area (Å²) in [6.07, 6.45) is 1.57. The number of ether oxygens (including phenoxy) is 2. The SMILES string of the molecule is O=C(OCC1CCCO1)c1cc(Cl)cc(S(=O)(=O)Cl)c1Cl. The first-order valence-electron chi connectivity index (χ1n) is 6.01. The molecule has 0 aromatic heterocycles. The highest BCUT2D eigenvalue weighted by Gasteiger charge is 2.24. The molecule has 1 atom stereocenters. The molecule has 1 saturated heterocycles. The number of rotatable bonds is 4. The summed E-state index contributed by atoms with van der Waals surface area (Å²) < 4.78 is 33.2. The standard InChI is InChI=1S/C12H11Cl3O5S/c13-7-4-9(11(14)10(5-7)21(15,17)18)12(16)20-6-8-2-1-3-19-8/h4-5,8H,1-3,6H2. The van der Waals surface area contributed by atoms with Gasteiger partial charge in [-0.05, 0) is 25.0 Å². The molecule has 116 valence electrons. The van der Waals surface area contributed by atoms with Gasteiger partial charge in [0, 0.05) is 22.3 Å². The predicted octanol–water partition coefficient (Wildman–Crippen LogP) is 3.26. The Morgan fingerprint density at radius 2 is 2.10 bits per heavy atom. The molecule has 5 nitrogen and oxygen atoms in total. The molecule has 0 amide bonds. The first kappa shape index (κ1) is 16.8. The minimum Gasteiger partial charge on any atom is -0.459 e. The van der Waals surface area contributed by atoms with E-state index >= 15 is 0 Å². The largest absolute Gasteiger partial charge is 0.459 e. The lowest BCUT2D eigenvalue weighted by Crippen LogP contribution is -2.18. The van der Waals surface area contributed by atoms with E-state index in [1.54, 1.807) is 0 Å². The number of halogens is 3. The summed E-state index contributed by atoms with van der Waals surface area (Å²) in [7, 11) is 1.13. The van der Waals surface area contributed by atoms with Crippen molar-refractivity contribution < 1.29 is 22.7 Å². The third-order valence-electron chi connectivity index (χ3n) is 2.91. The van der Waals surface area contributed by atoms with Gasteiger partial charge in [-0.2, -0.15) is 0 Å². The monoisotopic (exact) mass is 372 g/mol. The lowest BCUT2D eigenvalue weighted by molar-refractivity contribution is 0.0161. The van der Waals surface area contributed by atoms with Gasteiger partial charge in [-0.3, -0.25) is 0 Å². The van der Waals surface area contributed by atoms with Crippen LogP contribution in [0.2, 0.25) is 10.0 Å². The molecule has 0 bridgehead atoms. The maximum atomic E-state index is 12.0. The van der Waals surface area contributed by atoms with Gasteiger partial charge < -0.3 is 9.47 Å². The van der Waals surface area contributed by atoms with Crippen molar-refractivity contribution in [3.8, 4) is 0 Å². The Kier molecular flexibility index (Phi) is 5.38. The lowest BCUT2D eigenvalue weighted by atomic mass is 10.2. The third-order valence-corrected chi connectivity index (χ3v) is 4.99. The van der Waals surface area contributed by atoms with Gasteiger partial charge in [0.25, 0.3) is 9.05 Å². The van der Waals surface area contributed by atoms with Crippen LogP contribution in [0.15, 0.2) is 17.0 Å². The Hall–Kier alpha value is -0.530. The van der Waals surface area contributed by atoms with E-state index in [0.29, 0.717) is 6.61 Å². The lowest BCUT2D eigenvalue weighted by Gasteiger charge is -2.12. The van der Waals surface area contributed by atoms with Crippen molar-refractivity contribution in [3.05, 3.63) is 27.7 Å². The maximum Gasteiger partial charge on any atom is 0.339 e. The van der Waals surface area contributed by atoms with Crippen LogP contribution in [0.5, 0.6) is 0 Å². The first-order chi connectivity index (χ1) is 9.79. The quantitative estimate of drug-likeness (QED) is 0.598. The number of esters is 1. The predicted molar refractivity (Wildman–Crippen MR) is 78.8 cm³/mol. The van der Waals surface area contributed by atoms with Crippen LogP contribution in [-0.2, 0) is 18.5 Å². The van der Waals surface area contributed by atoms with Crippen molar-refractivity contribution in [2.45, 2.75) is 23.8 Å². The second-order valence-corrected chi connectivity index (χ2v) is 7.79. The molecule has 1 fully saturated rings. The van der Waals surface area contributed by atoms with Gasteiger partial charge in [0.15, 0.2) is 0 Å². The minimum absolute atomic E-state index is 0.0164. The molecule has 0 aliphatic carbocycles. The molecule has 1 aliphatic heterocycles. The third kappa shape index (κ3) is 4.23. The number of benzene rings is 1. The molecule has 1 heterocycles. The van der Waals surface area contributed by atoms with Crippen LogP contribution < -0.4 is 0 Å². The van der Waals surface area contributed by atoms with Gasteiger partial charge in [0.05, 0.1) is 16.7 Å². The van der Waals surface area contributed by atoms with Gasteiger partial charge in [-0.1, -0.05) is 23.2 Å². The fourth-order valence-corrected chi connectivity index (χ4v) is 3.76. The van der Waals surface area contributed by atoms with Crippen LogP contribution in [0.3, 0.4) is 0 Å². The van der Waals surface area contributed by atoms with Crippen LogP contribution in [0.1, 0.15) is 23.2 Å². The van der Waals surface area contributed by atoms with Crippen LogP contribution >= 0.6 is 33.9 Å². The first-order valence-corrected chi connectivity index (χ1v) is 9.08. The normalized spacial score (nSPS) is 18.7. The molecule has 1 aromatic rings. The van der Waals surface area contributed by atoms with Crippen LogP contribution in [-0.4, -0.2) is 33.7 Å². The fourth-order valence-electron chi connectivity index (χ4n) is 1.91. The molecular weight excluding hydrogens is 363 g/mol. The second kappa shape index (κ2) is 6.71. The highest BCUT2D eigenvalue weighted by atomic mass is 35.7. The minimum atomic E-state index is -4.12. The van der Waals surface area contributed by atoms with Crippen LogP contribution in [0.25, 0.3) is 0 Å². The highest BCUT2D eigenvalue weighted by molar-refractivity contribution is 8.13. The van der Waals surface area contributed by atoms with Crippen molar-refractivity contribution >= 4 is 48.9 Å². The summed E-state index contributed by atoms with van der Waals surface area (Å²) in [6.45, 7) is 0.708. The molecule has 1 unspecified atom stereocenters. The summed E-state index contributed by atoms with van der Waals surface area (Å²) >= 11 is 11.7. The van der Waals surface area contributed by atoms with Gasteiger partial charge in [-0.15, -0.1) is 0 Å². The van der Waals surface area contributed by atoms with Crippen molar-refractivity contribution in [3.63, 3.8) is 0 Å². The number of carbonyl (C=O) groups excluding carboxylic acids is 1. The molecule has 0 radical (unpaired) electrons. The zero-order valence-corrected chi connectivity index (χ0v) is 13.7. The summed E-state index contributed by atoms with van der Waals surface area (Å²) in [6, 6.07) is 2.30. The maximum absolute atomic E-state index is 12.0. The Bertz CT molecular complexity index is 653. The molecular formula is C12H11Cl3O5S. The average Bonchev–Trinajstić information content (AvgIpc) is 2.90. The highest BCUT2D eigenvalue weighted by Crippen LogP contribution is 2.32. The average molecular weight is 374 g/mol. The Morgan fingerprint density at radius 1 is 1.38 bits per heavy atom. The summed E-state index contributed by atoms with van der Waals surface area (Å²) in [5, 5.41) is -0.297. The summed E-state index contributed by atoms with van der Waals surface area (Å²) in [5.74, 6) is -0.778. The van der Waals surface area contributed by atoms with E-state index in [1.165, 1.54) is 6.07 Å². The van der Waals surface area contributed by atoms with Crippen molar-refractivity contribution in [2.24, 2.45) is 0 Å². The number of hydrogen-bond acceptors (Lipinski definition) is 5. The van der Waals surface area contributed by atoms with Crippen LogP contribution in [0, 0.1) is 0 Å². The van der Waals surface area contributed by atoms with E-state index in [9.17, 15) is 13.2 Å². The Balaban J connectivity index is 2.22. The van der Waals surface area contributed by atoms with Gasteiger partial charge >= 0.3 is 5.97 Å². The van der Waals surface area contributed by atoms with Crippen LogP contribution in [0.4, 0.5) is 0 Å². The number of hydrogen-bond donors (Lipinski definition) is 0. The smallest absolute Gasteiger partial charge is 0.339 e. The molecule has 9 heteroatoms. The molecule has 1 aliphatic rings. The molecule has 1 aromatic carbocycles. The molecule has 21 heavy (non-hydrogen) atoms. The summed E-state index contributed by atoms with van der Waals surface area (Å²) in [4.78, 5) is 11.6. The topological polar surface area (TPSA) is 69.7 Å². The Labute approximate surface area is 136 Å². The van der Waals surface area contributed by atoms with Gasteiger partial charge in [-0.25, -0.2) is 13.2 Å². The summed E-state index contributed by atoms with van der Waals surface area (Å²) in [5.41, 5.74) is -0.151. The van der Waals surface area contributed by atoms with Gasteiger partial charge in [0.1, 0.15) is 11.5 Å². The van der Waals surface area contributed by atoms with Crippen molar-refractivity contribution in [1.82, 2.24) is 0 Å². The van der Waals surface area contributed by atoms with Crippen molar-refractivity contribution in [1.29, 1.82) is 0 Å². The van der Waals surface area contributed by atoms with Gasteiger partial charge in [0.2, 0.25) is 0 Å². The van der Waals surface area contributed by atoms with E-state index in [2.05, 4.69) is 0 Å². The van der Waals surface area contributed by atoms with E-state index in [4.69, 9.17) is 43.4 Å². The zero-order valence-electron chi connectivity index (χ0n) is 10.6. The van der Waals surface area contributed by atoms with E-state index < -0.39 is 19.9 Å². The second-order valence-electron chi connectivity index (χ2n) is 4.44. The molecule has 0 N–H and O–H groups in total. The fraction of sp³-hybridized carbons (Fsp3) is 0.417. The Morgan fingerprint density at radius 3 is 2.67 bits per heavy atom. The molecule has 0 spiro atoms. The number of carbonyl (C=O) groups is 1. The molecule has 0 saturated carbocycles. The van der Waals surface area contributed by atoms with Crippen molar-refractivity contribution in [2.75, 3.05) is 13.2 Å². The van der Waals surface area contributed by atoms with E-state index in [-0.39, 0.29) is 28.3 Å². The van der Waals surface area contributed by atoms with E-state index in [0.717, 1.165) is 18.9 Å².